The predicted octanol–water partition coefficient (Wildman–Crippen LogP) is 0.348. The highest BCUT2D eigenvalue weighted by molar-refractivity contribution is 7.17. The lowest BCUT2D eigenvalue weighted by Crippen LogP contribution is -2.31. The largest absolute Gasteiger partial charge is 0.435 e. The number of nitrogens with two attached hydrogens (primary N) is 2. The molecule has 1 heterocycles. The predicted molar refractivity (Wildman–Crippen MR) is 43.2 cm³/mol. The number of hydrazine groups is 1. The number of hydrogen-bond donors (Lipinski definition) is 3. The van der Waals surface area contributed by atoms with Crippen molar-refractivity contribution >= 4 is 22.4 Å². The molecule has 9 heteroatoms. The number of thiazole rings is 1. The third kappa shape index (κ3) is 1.93. The maximum atomic E-state index is 12.2. The highest BCUT2D eigenvalue weighted by Gasteiger charge is 2.39. The molecule has 5 N–H and O–H groups in total. The van der Waals surface area contributed by atoms with Gasteiger partial charge in [-0.15, -0.1) is 0 Å². The van der Waals surface area contributed by atoms with Crippen LogP contribution in [0.1, 0.15) is 15.4 Å². The molecule has 0 unspecified atom stereocenters. The van der Waals surface area contributed by atoms with E-state index in [0.29, 0.717) is 11.3 Å². The zero-order chi connectivity index (χ0) is 10.9. The minimum Gasteiger partial charge on any atom is -0.375 e. The van der Waals surface area contributed by atoms with Crippen LogP contribution in [0.2, 0.25) is 0 Å². The van der Waals surface area contributed by atoms with Gasteiger partial charge in [-0.05, 0) is 0 Å². The van der Waals surface area contributed by atoms with E-state index in [1.54, 1.807) is 5.43 Å². The van der Waals surface area contributed by atoms with Crippen molar-refractivity contribution in [2.24, 2.45) is 5.84 Å². The van der Waals surface area contributed by atoms with E-state index in [-0.39, 0.29) is 5.13 Å². The summed E-state index contributed by atoms with van der Waals surface area (Å²) in [5.41, 5.74) is 5.32. The molecule has 1 aromatic rings. The number of aromatic nitrogens is 1. The molecule has 0 fully saturated rings. The Morgan fingerprint density at radius 2 is 2.07 bits per heavy atom. The van der Waals surface area contributed by atoms with Crippen LogP contribution in [0, 0.1) is 0 Å². The van der Waals surface area contributed by atoms with E-state index in [1.807, 2.05) is 0 Å². The van der Waals surface area contributed by atoms with E-state index < -0.39 is 22.7 Å². The third-order valence-corrected chi connectivity index (χ3v) is 2.13. The van der Waals surface area contributed by atoms with E-state index in [0.717, 1.165) is 0 Å². The lowest BCUT2D eigenvalue weighted by Gasteiger charge is -2.03. The average Bonchev–Trinajstić information content (AvgIpc) is 2.45. The summed E-state index contributed by atoms with van der Waals surface area (Å²) >= 11 is 0.429. The molecule has 0 atom stereocenters. The van der Waals surface area contributed by atoms with Crippen LogP contribution < -0.4 is 17.0 Å². The summed E-state index contributed by atoms with van der Waals surface area (Å²) in [6.45, 7) is 0. The van der Waals surface area contributed by atoms with Gasteiger partial charge in [0.05, 0.1) is 0 Å². The van der Waals surface area contributed by atoms with Gasteiger partial charge in [0.25, 0.3) is 5.91 Å². The molecule has 0 bridgehead atoms. The summed E-state index contributed by atoms with van der Waals surface area (Å²) in [7, 11) is 0. The van der Waals surface area contributed by atoms with E-state index in [2.05, 4.69) is 4.98 Å². The number of nitrogens with one attached hydrogen (secondary N) is 1. The second-order valence-electron chi connectivity index (χ2n) is 2.20. The molecule has 0 saturated carbocycles. The molecule has 0 aliphatic heterocycles. The topological polar surface area (TPSA) is 94.0 Å². The van der Waals surface area contributed by atoms with Crippen molar-refractivity contribution in [2.75, 3.05) is 5.73 Å². The fraction of sp³-hybridized carbons (Fsp3) is 0.200. The Labute approximate surface area is 79.9 Å². The first kappa shape index (κ1) is 10.7. The zero-order valence-electron chi connectivity index (χ0n) is 6.55. The smallest absolute Gasteiger partial charge is 0.375 e. The van der Waals surface area contributed by atoms with Crippen molar-refractivity contribution in [1.82, 2.24) is 10.4 Å². The summed E-state index contributed by atoms with van der Waals surface area (Å²) < 4.78 is 36.7. The van der Waals surface area contributed by atoms with Gasteiger partial charge >= 0.3 is 6.18 Å². The van der Waals surface area contributed by atoms with Crippen LogP contribution in [0.25, 0.3) is 0 Å². The number of amides is 1. The Kier molecular flexibility index (Phi) is 2.62. The van der Waals surface area contributed by atoms with E-state index in [1.165, 1.54) is 0 Å². The molecule has 5 nitrogen and oxygen atoms in total. The number of rotatable bonds is 1. The van der Waals surface area contributed by atoms with E-state index in [4.69, 9.17) is 11.6 Å². The summed E-state index contributed by atoms with van der Waals surface area (Å²) in [5, 5.41) is -0.337. The molecule has 1 aromatic heterocycles. The average molecular weight is 226 g/mol. The Morgan fingerprint density at radius 1 is 1.50 bits per heavy atom. The molecule has 1 amide bonds. The minimum atomic E-state index is -4.71. The Balaban J connectivity index is 3.23. The summed E-state index contributed by atoms with van der Waals surface area (Å²) in [4.78, 5) is 13.2. The minimum absolute atomic E-state index is 0.337. The number of carbonyl (C=O) groups excluding carboxylic acids is 1. The van der Waals surface area contributed by atoms with Crippen LogP contribution >= 0.6 is 11.3 Å². The Hall–Kier alpha value is -1.35. The molecular formula is C5H5F3N4OS. The molecule has 0 aliphatic rings. The number of alkyl halides is 3. The molecule has 14 heavy (non-hydrogen) atoms. The maximum Gasteiger partial charge on any atom is 0.435 e. The first-order valence-electron chi connectivity index (χ1n) is 3.20. The molecule has 78 valence electrons. The number of nitrogen functional groups attached to an aromatic ring is 2. The van der Waals surface area contributed by atoms with Gasteiger partial charge in [-0.2, -0.15) is 13.2 Å². The van der Waals surface area contributed by atoms with E-state index in [9.17, 15) is 18.0 Å². The van der Waals surface area contributed by atoms with Gasteiger partial charge in [0.2, 0.25) is 0 Å². The standard InChI is InChI=1S/C5H5F3N4OS/c6-5(7,8)2-1(3(13)12-10)14-4(9)11-2/h10H2,(H2,9,11)(H,12,13). The van der Waals surface area contributed by atoms with Crippen molar-refractivity contribution in [3.8, 4) is 0 Å². The quantitative estimate of drug-likeness (QED) is 0.366. The SMILES string of the molecule is NNC(=O)c1sc(N)nc1C(F)(F)F. The molecule has 0 spiro atoms. The van der Waals surface area contributed by atoms with Crippen LogP contribution in [0.15, 0.2) is 0 Å². The molecule has 0 saturated heterocycles. The van der Waals surface area contributed by atoms with Gasteiger partial charge < -0.3 is 5.73 Å². The van der Waals surface area contributed by atoms with Gasteiger partial charge in [0.1, 0.15) is 4.88 Å². The summed E-state index contributed by atoms with van der Waals surface area (Å²) in [5.74, 6) is 3.63. The molecule has 0 aromatic carbocycles. The van der Waals surface area contributed by atoms with Crippen LogP contribution in [-0.2, 0) is 6.18 Å². The van der Waals surface area contributed by atoms with Gasteiger partial charge in [-0.3, -0.25) is 10.2 Å². The van der Waals surface area contributed by atoms with Gasteiger partial charge in [-0.1, -0.05) is 11.3 Å². The Bertz CT molecular complexity index is 360. The fourth-order valence-electron chi connectivity index (χ4n) is 0.748. The first-order chi connectivity index (χ1) is 6.36. The normalized spacial score (nSPS) is 11.4. The summed E-state index contributed by atoms with van der Waals surface area (Å²) in [6.07, 6.45) is -4.71. The van der Waals surface area contributed by atoms with Crippen molar-refractivity contribution < 1.29 is 18.0 Å². The van der Waals surface area contributed by atoms with Crippen LogP contribution in [0.3, 0.4) is 0 Å². The fourth-order valence-corrected chi connectivity index (χ4v) is 1.50. The van der Waals surface area contributed by atoms with Crippen molar-refractivity contribution in [2.45, 2.75) is 6.18 Å². The second-order valence-corrected chi connectivity index (χ2v) is 3.23. The molecule has 1 rings (SSSR count). The van der Waals surface area contributed by atoms with Crippen LogP contribution in [0.4, 0.5) is 18.3 Å². The first-order valence-corrected chi connectivity index (χ1v) is 4.02. The zero-order valence-corrected chi connectivity index (χ0v) is 7.37. The molecular weight excluding hydrogens is 221 g/mol. The number of halogens is 3. The van der Waals surface area contributed by atoms with Crippen molar-refractivity contribution in [3.05, 3.63) is 10.6 Å². The number of carbonyl (C=O) groups is 1. The third-order valence-electron chi connectivity index (χ3n) is 1.25. The number of anilines is 1. The Morgan fingerprint density at radius 3 is 2.50 bits per heavy atom. The number of hydrogen-bond acceptors (Lipinski definition) is 5. The van der Waals surface area contributed by atoms with Gasteiger partial charge in [0, 0.05) is 0 Å². The highest BCUT2D eigenvalue weighted by atomic mass is 32.1. The monoisotopic (exact) mass is 226 g/mol. The lowest BCUT2D eigenvalue weighted by atomic mass is 10.3. The van der Waals surface area contributed by atoms with Gasteiger partial charge in [0.15, 0.2) is 10.8 Å². The lowest BCUT2D eigenvalue weighted by molar-refractivity contribution is -0.141. The summed E-state index contributed by atoms with van der Waals surface area (Å²) in [6, 6.07) is 0. The van der Waals surface area contributed by atoms with Crippen LogP contribution in [-0.4, -0.2) is 10.9 Å². The van der Waals surface area contributed by atoms with E-state index >= 15 is 0 Å². The maximum absolute atomic E-state index is 12.2. The van der Waals surface area contributed by atoms with Gasteiger partial charge in [-0.25, -0.2) is 10.8 Å². The molecule has 0 radical (unpaired) electrons. The number of nitrogens with zero attached hydrogens (tertiary/aromatic N) is 1. The highest BCUT2D eigenvalue weighted by Crippen LogP contribution is 2.34. The second kappa shape index (κ2) is 3.42. The van der Waals surface area contributed by atoms with Crippen molar-refractivity contribution in [1.29, 1.82) is 0 Å². The van der Waals surface area contributed by atoms with Crippen molar-refractivity contribution in [3.63, 3.8) is 0 Å². The van der Waals surface area contributed by atoms with Crippen LogP contribution in [0.5, 0.6) is 0 Å². The molecule has 0 aliphatic carbocycles.